The second-order valence-corrected chi connectivity index (χ2v) is 6.19. The van der Waals surface area contributed by atoms with Crippen LogP contribution in [0.3, 0.4) is 0 Å². The molecule has 0 saturated heterocycles. The molecular weight excluding hydrogens is 340 g/mol. The highest BCUT2D eigenvalue weighted by molar-refractivity contribution is 9.10. The Bertz CT molecular complexity index is 529. The summed E-state index contributed by atoms with van der Waals surface area (Å²) in [6.45, 7) is 5.83. The van der Waals surface area contributed by atoms with E-state index in [4.69, 9.17) is 10.5 Å². The van der Waals surface area contributed by atoms with E-state index in [9.17, 15) is 9.59 Å². The number of hydrogen-bond acceptors (Lipinski definition) is 5. The highest BCUT2D eigenvalue weighted by Crippen LogP contribution is 2.15. The van der Waals surface area contributed by atoms with E-state index in [1.165, 1.54) is 6.20 Å². The second-order valence-electron chi connectivity index (χ2n) is 5.27. The molecule has 1 aromatic heterocycles. The largest absolute Gasteiger partial charge is 0.444 e. The minimum absolute atomic E-state index is 0.149. The fourth-order valence-electron chi connectivity index (χ4n) is 1.38. The molecule has 0 spiro atoms. The molecule has 0 aliphatic rings. The van der Waals surface area contributed by atoms with Crippen molar-refractivity contribution in [3.05, 3.63) is 22.3 Å². The van der Waals surface area contributed by atoms with Crippen LogP contribution in [0.4, 0.5) is 10.6 Å². The van der Waals surface area contributed by atoms with Gasteiger partial charge in [0.15, 0.2) is 0 Å². The van der Waals surface area contributed by atoms with E-state index < -0.39 is 11.7 Å². The van der Waals surface area contributed by atoms with Crippen molar-refractivity contribution in [3.63, 3.8) is 0 Å². The molecular formula is C13H19BrN4O3. The van der Waals surface area contributed by atoms with Crippen LogP contribution in [0.1, 0.15) is 31.1 Å². The van der Waals surface area contributed by atoms with Crippen molar-refractivity contribution in [3.8, 4) is 0 Å². The van der Waals surface area contributed by atoms with Gasteiger partial charge in [-0.25, -0.2) is 9.78 Å². The van der Waals surface area contributed by atoms with Crippen molar-refractivity contribution < 1.29 is 14.3 Å². The summed E-state index contributed by atoms with van der Waals surface area (Å²) in [6, 6.07) is 1.58. The molecule has 0 atom stereocenters. The first-order valence-corrected chi connectivity index (χ1v) is 7.14. The summed E-state index contributed by atoms with van der Waals surface area (Å²) in [7, 11) is 0. The normalized spacial score (nSPS) is 10.9. The van der Waals surface area contributed by atoms with Gasteiger partial charge in [0.1, 0.15) is 11.4 Å². The first-order valence-electron chi connectivity index (χ1n) is 6.35. The van der Waals surface area contributed by atoms with E-state index in [-0.39, 0.29) is 30.4 Å². The Hall–Kier alpha value is -1.83. The maximum absolute atomic E-state index is 11.9. The number of aromatic nitrogens is 1. The number of nitrogen functional groups attached to an aromatic ring is 1. The number of carbonyl (C=O) groups excluding carboxylic acids is 2. The van der Waals surface area contributed by atoms with E-state index in [1.54, 1.807) is 26.8 Å². The van der Waals surface area contributed by atoms with Crippen LogP contribution in [0.5, 0.6) is 0 Å². The number of ether oxygens (including phenoxy) is 1. The topological polar surface area (TPSA) is 106 Å². The van der Waals surface area contributed by atoms with E-state index in [1.807, 2.05) is 0 Å². The standard InChI is InChI=1S/C13H19BrN4O3/c1-13(2,3)21-12(20)17-5-4-16-11(19)9-6-8(14)7-18-10(9)15/h6-7H,4-5H2,1-3H3,(H2,15,18)(H,16,19)(H,17,20). The molecule has 7 nitrogen and oxygen atoms in total. The number of hydrogen-bond donors (Lipinski definition) is 3. The van der Waals surface area contributed by atoms with E-state index in [2.05, 4.69) is 31.5 Å². The molecule has 116 valence electrons. The fraction of sp³-hybridized carbons (Fsp3) is 0.462. The average Bonchev–Trinajstić information content (AvgIpc) is 2.35. The zero-order chi connectivity index (χ0) is 16.0. The van der Waals surface area contributed by atoms with Crippen LogP contribution in [-0.2, 0) is 4.74 Å². The number of amides is 2. The minimum Gasteiger partial charge on any atom is -0.444 e. The lowest BCUT2D eigenvalue weighted by Crippen LogP contribution is -2.38. The molecule has 0 fully saturated rings. The van der Waals surface area contributed by atoms with Crippen molar-refractivity contribution in [1.82, 2.24) is 15.6 Å². The third-order valence-electron chi connectivity index (χ3n) is 2.21. The van der Waals surface area contributed by atoms with Gasteiger partial charge in [-0.2, -0.15) is 0 Å². The van der Waals surface area contributed by atoms with E-state index >= 15 is 0 Å². The molecule has 1 heterocycles. The van der Waals surface area contributed by atoms with Gasteiger partial charge in [-0.3, -0.25) is 4.79 Å². The van der Waals surface area contributed by atoms with Crippen molar-refractivity contribution in [2.75, 3.05) is 18.8 Å². The van der Waals surface area contributed by atoms with Gasteiger partial charge in [-0.05, 0) is 42.8 Å². The second kappa shape index (κ2) is 7.26. The summed E-state index contributed by atoms with van der Waals surface area (Å²) >= 11 is 3.22. The third kappa shape index (κ3) is 6.44. The quantitative estimate of drug-likeness (QED) is 0.710. The maximum atomic E-state index is 11.9. The van der Waals surface area contributed by atoms with Crippen LogP contribution in [-0.4, -0.2) is 35.7 Å². The number of nitrogens with zero attached hydrogens (tertiary/aromatic N) is 1. The SMILES string of the molecule is CC(C)(C)OC(=O)NCCNC(=O)c1cc(Br)cnc1N. The minimum atomic E-state index is -0.552. The van der Waals surface area contributed by atoms with Crippen molar-refractivity contribution in [2.24, 2.45) is 0 Å². The lowest BCUT2D eigenvalue weighted by Gasteiger charge is -2.19. The maximum Gasteiger partial charge on any atom is 0.407 e. The molecule has 1 rings (SSSR count). The summed E-state index contributed by atoms with van der Waals surface area (Å²) in [4.78, 5) is 27.2. The molecule has 0 unspecified atom stereocenters. The molecule has 0 bridgehead atoms. The van der Waals surface area contributed by atoms with Crippen molar-refractivity contribution in [1.29, 1.82) is 0 Å². The van der Waals surface area contributed by atoms with Crippen molar-refractivity contribution in [2.45, 2.75) is 26.4 Å². The van der Waals surface area contributed by atoms with Crippen molar-refractivity contribution >= 4 is 33.7 Å². The lowest BCUT2D eigenvalue weighted by atomic mass is 10.2. The summed E-state index contributed by atoms with van der Waals surface area (Å²) in [5, 5.41) is 5.18. The van der Waals surface area contributed by atoms with Gasteiger partial charge in [0.2, 0.25) is 0 Å². The van der Waals surface area contributed by atoms with Gasteiger partial charge in [-0.15, -0.1) is 0 Å². The number of nitrogens with one attached hydrogen (secondary N) is 2. The first-order chi connectivity index (χ1) is 9.69. The van der Waals surface area contributed by atoms with Crippen LogP contribution >= 0.6 is 15.9 Å². The molecule has 0 saturated carbocycles. The summed E-state index contributed by atoms with van der Waals surface area (Å²) in [5.74, 6) is -0.205. The number of alkyl carbamates (subject to hydrolysis) is 1. The predicted molar refractivity (Wildman–Crippen MR) is 82.9 cm³/mol. The third-order valence-corrected chi connectivity index (χ3v) is 2.64. The number of rotatable bonds is 4. The van der Waals surface area contributed by atoms with Gasteiger partial charge in [0, 0.05) is 23.8 Å². The van der Waals surface area contributed by atoms with E-state index in [0.717, 1.165) is 0 Å². The number of anilines is 1. The summed E-state index contributed by atoms with van der Waals surface area (Å²) < 4.78 is 5.73. The van der Waals surface area contributed by atoms with Gasteiger partial charge < -0.3 is 21.1 Å². The Balaban J connectivity index is 2.38. The average molecular weight is 359 g/mol. The molecule has 0 aliphatic heterocycles. The molecule has 2 amide bonds. The Morgan fingerprint density at radius 1 is 1.33 bits per heavy atom. The Morgan fingerprint density at radius 2 is 1.95 bits per heavy atom. The Morgan fingerprint density at radius 3 is 2.57 bits per heavy atom. The number of pyridine rings is 1. The van der Waals surface area contributed by atoms with Crippen LogP contribution < -0.4 is 16.4 Å². The number of halogens is 1. The van der Waals surface area contributed by atoms with Crippen LogP contribution in [0.2, 0.25) is 0 Å². The van der Waals surface area contributed by atoms with Gasteiger partial charge in [0.25, 0.3) is 5.91 Å². The molecule has 8 heteroatoms. The first kappa shape index (κ1) is 17.2. The highest BCUT2D eigenvalue weighted by atomic mass is 79.9. The molecule has 4 N–H and O–H groups in total. The molecule has 0 aromatic carbocycles. The molecule has 21 heavy (non-hydrogen) atoms. The van der Waals surface area contributed by atoms with Gasteiger partial charge in [-0.1, -0.05) is 0 Å². The lowest BCUT2D eigenvalue weighted by molar-refractivity contribution is 0.0526. The van der Waals surface area contributed by atoms with Crippen LogP contribution in [0, 0.1) is 0 Å². The zero-order valence-electron chi connectivity index (χ0n) is 12.2. The Kier molecular flexibility index (Phi) is 5.95. The zero-order valence-corrected chi connectivity index (χ0v) is 13.8. The highest BCUT2D eigenvalue weighted by Gasteiger charge is 2.16. The number of carbonyl (C=O) groups is 2. The fourth-order valence-corrected chi connectivity index (χ4v) is 1.71. The van der Waals surface area contributed by atoms with Gasteiger partial charge in [0.05, 0.1) is 5.56 Å². The Labute approximate surface area is 131 Å². The van der Waals surface area contributed by atoms with Crippen LogP contribution in [0.15, 0.2) is 16.7 Å². The van der Waals surface area contributed by atoms with E-state index in [0.29, 0.717) is 4.47 Å². The summed E-state index contributed by atoms with van der Waals surface area (Å²) in [5.41, 5.74) is 5.36. The van der Waals surface area contributed by atoms with Crippen LogP contribution in [0.25, 0.3) is 0 Å². The van der Waals surface area contributed by atoms with Gasteiger partial charge >= 0.3 is 6.09 Å². The summed E-state index contributed by atoms with van der Waals surface area (Å²) in [6.07, 6.45) is 0.983. The number of nitrogens with two attached hydrogens (primary N) is 1. The molecule has 0 radical (unpaired) electrons. The monoisotopic (exact) mass is 358 g/mol. The molecule has 0 aliphatic carbocycles. The molecule has 1 aromatic rings. The smallest absolute Gasteiger partial charge is 0.407 e. The predicted octanol–water partition coefficient (Wildman–Crippen LogP) is 1.68.